The molecule has 1 aromatic rings. The summed E-state index contributed by atoms with van der Waals surface area (Å²) in [5, 5.41) is 0. The minimum absolute atomic E-state index is 0.107. The van der Waals surface area contributed by atoms with Gasteiger partial charge in [-0.3, -0.25) is 4.90 Å². The van der Waals surface area contributed by atoms with E-state index in [1.807, 2.05) is 23.1 Å². The van der Waals surface area contributed by atoms with Crippen molar-refractivity contribution in [3.8, 4) is 0 Å². The zero-order chi connectivity index (χ0) is 29.4. The van der Waals surface area contributed by atoms with E-state index in [4.69, 9.17) is 9.16 Å². The molecule has 0 unspecified atom stereocenters. The molecular weight excluding hydrogens is 510 g/mol. The minimum Gasteiger partial charge on any atom is -0.440 e. The first-order valence-electron chi connectivity index (χ1n) is 16.6. The van der Waals surface area contributed by atoms with Crippen LogP contribution < -0.4 is 0 Å². The van der Waals surface area contributed by atoms with Gasteiger partial charge >= 0.3 is 6.09 Å². The first-order chi connectivity index (χ1) is 19.2. The number of ether oxygens (including phenoxy) is 1. The van der Waals surface area contributed by atoms with Gasteiger partial charge in [-0.2, -0.15) is 0 Å². The van der Waals surface area contributed by atoms with Crippen molar-refractivity contribution in [2.45, 2.75) is 161 Å². The van der Waals surface area contributed by atoms with Crippen molar-refractivity contribution in [2.24, 2.45) is 0 Å². The molecule has 1 amide bonds. The first-order valence-corrected chi connectivity index (χ1v) is 18.7. The number of unbranched alkanes of at least 4 members (excludes halogenated alkanes) is 11. The number of nitrogens with zero attached hydrogens (tertiary/aromatic N) is 1. The molecule has 228 valence electrons. The Morgan fingerprint density at radius 1 is 0.825 bits per heavy atom. The van der Waals surface area contributed by atoms with Crippen molar-refractivity contribution in [3.63, 3.8) is 0 Å². The third kappa shape index (κ3) is 10.7. The number of amides is 1. The van der Waals surface area contributed by atoms with Crippen molar-refractivity contribution in [2.75, 3.05) is 6.61 Å². The van der Waals surface area contributed by atoms with E-state index in [9.17, 15) is 4.79 Å². The van der Waals surface area contributed by atoms with E-state index < -0.39 is 8.32 Å². The van der Waals surface area contributed by atoms with Crippen molar-refractivity contribution in [1.29, 1.82) is 0 Å². The molecule has 0 saturated carbocycles. The van der Waals surface area contributed by atoms with Gasteiger partial charge in [-0.25, -0.2) is 4.79 Å². The van der Waals surface area contributed by atoms with Gasteiger partial charge < -0.3 is 9.16 Å². The quantitative estimate of drug-likeness (QED) is 0.0836. The highest BCUT2D eigenvalue weighted by atomic mass is 28.4. The molecule has 0 bridgehead atoms. The van der Waals surface area contributed by atoms with Crippen LogP contribution >= 0.6 is 0 Å². The predicted molar refractivity (Wildman–Crippen MR) is 173 cm³/mol. The maximum atomic E-state index is 13.1. The van der Waals surface area contributed by atoms with E-state index in [1.165, 1.54) is 70.6 Å². The number of hydrogen-bond donors (Lipinski definition) is 0. The lowest BCUT2D eigenvalue weighted by Gasteiger charge is -2.43. The molecule has 4 nitrogen and oxygen atoms in total. The highest BCUT2D eigenvalue weighted by Crippen LogP contribution is 2.43. The Bertz CT molecular complexity index is 817. The largest absolute Gasteiger partial charge is 0.440 e. The second kappa shape index (κ2) is 18.8. The predicted octanol–water partition coefficient (Wildman–Crippen LogP) is 10.8. The van der Waals surface area contributed by atoms with Crippen LogP contribution in [0.5, 0.6) is 0 Å². The molecule has 0 aliphatic carbocycles. The Morgan fingerprint density at radius 3 is 1.88 bits per heavy atom. The molecule has 40 heavy (non-hydrogen) atoms. The Morgan fingerprint density at radius 2 is 1.35 bits per heavy atom. The normalized spacial score (nSPS) is 18.1. The van der Waals surface area contributed by atoms with Crippen molar-refractivity contribution < 1.29 is 14.0 Å². The summed E-state index contributed by atoms with van der Waals surface area (Å²) in [5.41, 5.74) is 2.63. The fourth-order valence-electron chi connectivity index (χ4n) is 6.78. The van der Waals surface area contributed by atoms with E-state index in [-0.39, 0.29) is 18.2 Å². The summed E-state index contributed by atoms with van der Waals surface area (Å²) < 4.78 is 12.9. The summed E-state index contributed by atoms with van der Waals surface area (Å²) >= 11 is 0. The molecule has 0 N–H and O–H groups in total. The molecule has 2 atom stereocenters. The second-order valence-corrected chi connectivity index (χ2v) is 18.4. The summed E-state index contributed by atoms with van der Waals surface area (Å²) in [6.45, 7) is 17.3. The third-order valence-corrected chi connectivity index (χ3v) is 15.0. The zero-order valence-electron chi connectivity index (χ0n) is 27.0. The summed E-state index contributed by atoms with van der Waals surface area (Å²) in [5.74, 6) is 0. The van der Waals surface area contributed by atoms with Gasteiger partial charge in [0.05, 0.1) is 12.6 Å². The highest BCUT2D eigenvalue weighted by Gasteiger charge is 2.48. The van der Waals surface area contributed by atoms with Gasteiger partial charge in [-0.1, -0.05) is 149 Å². The van der Waals surface area contributed by atoms with Crippen LogP contribution in [0.4, 0.5) is 4.79 Å². The molecule has 5 heteroatoms. The van der Waals surface area contributed by atoms with E-state index in [0.29, 0.717) is 29.8 Å². The first kappa shape index (κ1) is 34.6. The summed E-state index contributed by atoms with van der Waals surface area (Å²) in [7, 11) is -2.06. The van der Waals surface area contributed by atoms with Crippen molar-refractivity contribution >= 4 is 14.4 Å². The monoisotopic (exact) mass is 571 g/mol. The standard InChI is InChI=1S/C35H61NO3Si/c1-8-9-10-11-12-13-14-15-16-17-18-19-23-26-34-33(28-38-40(29(2)3,30(4)5)31(6)7)36(35(37)39-34)27-32-24-21-20-22-25-32/h20-26,29-31,33-34H,8-19,27-28H2,1-7H3/b26-23+/t33-,34+/m0/s1. The molecule has 1 fully saturated rings. The molecule has 1 aliphatic heterocycles. The Balaban J connectivity index is 1.93. The Hall–Kier alpha value is -1.59. The number of cyclic esters (lactones) is 1. The molecule has 1 aromatic carbocycles. The van der Waals surface area contributed by atoms with Crippen molar-refractivity contribution in [1.82, 2.24) is 4.90 Å². The number of allylic oxidation sites excluding steroid dienone is 1. The smallest absolute Gasteiger partial charge is 0.411 e. The topological polar surface area (TPSA) is 38.8 Å². The van der Waals surface area contributed by atoms with Crippen LogP contribution in [-0.4, -0.2) is 38.1 Å². The molecule has 0 radical (unpaired) electrons. The van der Waals surface area contributed by atoms with E-state index in [1.54, 1.807) is 0 Å². The highest BCUT2D eigenvalue weighted by molar-refractivity contribution is 6.77. The van der Waals surface area contributed by atoms with Crippen molar-refractivity contribution in [3.05, 3.63) is 48.0 Å². The Labute approximate surface area is 248 Å². The van der Waals surface area contributed by atoms with Crippen LogP contribution in [0, 0.1) is 0 Å². The van der Waals surface area contributed by atoms with Gasteiger partial charge in [0.15, 0.2) is 8.32 Å². The minimum atomic E-state index is -2.06. The lowest BCUT2D eigenvalue weighted by molar-refractivity contribution is 0.143. The maximum Gasteiger partial charge on any atom is 0.411 e. The number of carbonyl (C=O) groups excluding carboxylic acids is 1. The number of carbonyl (C=O) groups is 1. The molecule has 1 aliphatic rings. The van der Waals surface area contributed by atoms with E-state index >= 15 is 0 Å². The number of benzene rings is 1. The Kier molecular flexibility index (Phi) is 16.2. The summed E-state index contributed by atoms with van der Waals surface area (Å²) in [6, 6.07) is 10.1. The summed E-state index contributed by atoms with van der Waals surface area (Å²) in [6.07, 6.45) is 19.8. The summed E-state index contributed by atoms with van der Waals surface area (Å²) in [4.78, 5) is 15.0. The molecular formula is C35H61NO3Si. The van der Waals surface area contributed by atoms with Crippen LogP contribution in [0.3, 0.4) is 0 Å². The third-order valence-electron chi connectivity index (χ3n) is 8.96. The molecule has 1 heterocycles. The molecule has 0 aromatic heterocycles. The fraction of sp³-hybridized carbons (Fsp3) is 0.743. The van der Waals surface area contributed by atoms with Gasteiger partial charge in [0.25, 0.3) is 0 Å². The van der Waals surface area contributed by atoms with Gasteiger partial charge in [0.2, 0.25) is 0 Å². The van der Waals surface area contributed by atoms with Gasteiger partial charge in [0.1, 0.15) is 6.10 Å². The van der Waals surface area contributed by atoms with Crippen LogP contribution in [0.2, 0.25) is 16.6 Å². The zero-order valence-corrected chi connectivity index (χ0v) is 28.0. The fourth-order valence-corrected chi connectivity index (χ4v) is 12.2. The van der Waals surface area contributed by atoms with Gasteiger partial charge in [-0.15, -0.1) is 0 Å². The second-order valence-electron chi connectivity index (χ2n) is 12.9. The maximum absolute atomic E-state index is 13.1. The van der Waals surface area contributed by atoms with Crippen LogP contribution in [0.25, 0.3) is 0 Å². The van der Waals surface area contributed by atoms with Crippen LogP contribution in [0.1, 0.15) is 131 Å². The number of rotatable bonds is 21. The van der Waals surface area contributed by atoms with Gasteiger partial charge in [-0.05, 0) is 41.1 Å². The molecule has 1 saturated heterocycles. The lowest BCUT2D eigenvalue weighted by Crippen LogP contribution is -2.51. The van der Waals surface area contributed by atoms with E-state index in [0.717, 1.165) is 12.0 Å². The van der Waals surface area contributed by atoms with E-state index in [2.05, 4.69) is 72.8 Å². The van der Waals surface area contributed by atoms with Gasteiger partial charge in [0, 0.05) is 6.54 Å². The SMILES string of the molecule is CCCCCCCCCCCCC/C=C/[C@H]1OC(=O)N(Cc2ccccc2)[C@H]1CO[Si](C(C)C)(C(C)C)C(C)C. The average molecular weight is 572 g/mol. The number of hydrogen-bond acceptors (Lipinski definition) is 3. The van der Waals surface area contributed by atoms with Crippen LogP contribution in [0.15, 0.2) is 42.5 Å². The average Bonchev–Trinajstić information content (AvgIpc) is 3.20. The van der Waals surface area contributed by atoms with Crippen LogP contribution in [-0.2, 0) is 15.7 Å². The lowest BCUT2D eigenvalue weighted by atomic mass is 10.0. The molecule has 2 rings (SSSR count). The molecule has 0 spiro atoms.